The number of carbonyl (C=O) groups is 1. The molecule has 0 radical (unpaired) electrons. The van der Waals surface area contributed by atoms with E-state index in [4.69, 9.17) is 9.97 Å². The Morgan fingerprint density at radius 3 is 2.72 bits per heavy atom. The molecule has 1 saturated heterocycles. The van der Waals surface area contributed by atoms with E-state index in [-0.39, 0.29) is 6.03 Å². The average Bonchev–Trinajstić information content (AvgIpc) is 3.09. The Morgan fingerprint density at radius 2 is 2.00 bits per heavy atom. The quantitative estimate of drug-likeness (QED) is 0.801. The lowest BCUT2D eigenvalue weighted by Crippen LogP contribution is -2.52. The van der Waals surface area contributed by atoms with Crippen molar-refractivity contribution in [2.45, 2.75) is 59.3 Å². The summed E-state index contributed by atoms with van der Waals surface area (Å²) in [6.07, 6.45) is 6.78. The number of anilines is 1. The molecule has 7 heteroatoms. The zero-order valence-corrected chi connectivity index (χ0v) is 18.8. The van der Waals surface area contributed by atoms with E-state index < -0.39 is 0 Å². The van der Waals surface area contributed by atoms with Crippen LogP contribution in [0.1, 0.15) is 56.3 Å². The molecule has 158 valence electrons. The third kappa shape index (κ3) is 4.20. The molecule has 2 amide bonds. The van der Waals surface area contributed by atoms with Crippen molar-refractivity contribution in [1.29, 1.82) is 0 Å². The summed E-state index contributed by atoms with van der Waals surface area (Å²) < 4.78 is 0. The molecule has 0 unspecified atom stereocenters. The molecule has 0 saturated carbocycles. The second-order valence-electron chi connectivity index (χ2n) is 8.41. The fourth-order valence-electron chi connectivity index (χ4n) is 4.43. The van der Waals surface area contributed by atoms with E-state index in [0.29, 0.717) is 6.54 Å². The largest absolute Gasteiger partial charge is 0.352 e. The van der Waals surface area contributed by atoms with Crippen LogP contribution in [0, 0.1) is 5.92 Å². The number of thiophene rings is 1. The van der Waals surface area contributed by atoms with Gasteiger partial charge in [-0.05, 0) is 44.1 Å². The van der Waals surface area contributed by atoms with Crippen molar-refractivity contribution >= 4 is 33.4 Å². The number of rotatable bonds is 5. The Kier molecular flexibility index (Phi) is 6.23. The summed E-state index contributed by atoms with van der Waals surface area (Å²) in [6.45, 7) is 10.3. The summed E-state index contributed by atoms with van der Waals surface area (Å²) in [6, 6.07) is 0.0468. The van der Waals surface area contributed by atoms with Crippen molar-refractivity contribution in [2.75, 3.05) is 37.6 Å². The smallest absolute Gasteiger partial charge is 0.317 e. The summed E-state index contributed by atoms with van der Waals surface area (Å²) >= 11 is 1.89. The minimum atomic E-state index is 0.0468. The van der Waals surface area contributed by atoms with Gasteiger partial charge in [0.15, 0.2) is 0 Å². The second-order valence-corrected chi connectivity index (χ2v) is 9.49. The number of amides is 2. The van der Waals surface area contributed by atoms with Gasteiger partial charge in [0.05, 0.1) is 5.39 Å². The molecule has 0 spiro atoms. The first-order chi connectivity index (χ1) is 14.1. The van der Waals surface area contributed by atoms with Crippen molar-refractivity contribution in [3.63, 3.8) is 0 Å². The number of nitrogens with zero attached hydrogens (tertiary/aromatic N) is 4. The fraction of sp³-hybridized carbons (Fsp3) is 0.682. The van der Waals surface area contributed by atoms with Crippen LogP contribution in [0.4, 0.5) is 10.6 Å². The standard InChI is InChI=1S/C22H33N5OS/c1-4-6-7-18-24-20(26-10-12-27(13-11-26)22(28)23-5-2)19-16-9-8-15(3)14-17(16)29-21(19)25-18/h15H,4-14H2,1-3H3,(H,23,28)/t15-/m0/s1. The topological polar surface area (TPSA) is 61.4 Å². The molecule has 1 atom stereocenters. The van der Waals surface area contributed by atoms with Gasteiger partial charge in [-0.1, -0.05) is 20.3 Å². The van der Waals surface area contributed by atoms with Gasteiger partial charge < -0.3 is 15.1 Å². The van der Waals surface area contributed by atoms with E-state index in [2.05, 4.69) is 24.1 Å². The molecule has 1 aliphatic heterocycles. The molecule has 0 bridgehead atoms. The number of fused-ring (bicyclic) bond motifs is 3. The molecule has 2 aliphatic rings. The minimum absolute atomic E-state index is 0.0468. The second kappa shape index (κ2) is 8.86. The summed E-state index contributed by atoms with van der Waals surface area (Å²) in [4.78, 5) is 29.2. The fourth-order valence-corrected chi connectivity index (χ4v) is 5.82. The van der Waals surface area contributed by atoms with Gasteiger partial charge in [0.1, 0.15) is 16.5 Å². The number of piperazine rings is 1. The zero-order chi connectivity index (χ0) is 20.4. The lowest BCUT2D eigenvalue weighted by molar-refractivity contribution is 0.195. The molecule has 1 fully saturated rings. The number of nitrogens with one attached hydrogen (secondary N) is 1. The summed E-state index contributed by atoms with van der Waals surface area (Å²) in [7, 11) is 0. The maximum atomic E-state index is 12.2. The van der Waals surface area contributed by atoms with E-state index in [1.807, 2.05) is 23.2 Å². The van der Waals surface area contributed by atoms with Gasteiger partial charge in [0.2, 0.25) is 0 Å². The molecule has 4 rings (SSSR count). The van der Waals surface area contributed by atoms with E-state index in [1.54, 1.807) is 0 Å². The molecular formula is C22H33N5OS. The van der Waals surface area contributed by atoms with Crippen molar-refractivity contribution in [1.82, 2.24) is 20.2 Å². The first-order valence-corrected chi connectivity index (χ1v) is 12.0. The van der Waals surface area contributed by atoms with E-state index in [1.165, 1.54) is 33.5 Å². The number of aromatic nitrogens is 2. The molecule has 1 aliphatic carbocycles. The van der Waals surface area contributed by atoms with E-state index in [9.17, 15) is 4.79 Å². The Morgan fingerprint density at radius 1 is 1.21 bits per heavy atom. The van der Waals surface area contributed by atoms with E-state index >= 15 is 0 Å². The summed E-state index contributed by atoms with van der Waals surface area (Å²) in [5, 5.41) is 4.21. The maximum Gasteiger partial charge on any atom is 0.317 e. The number of carbonyl (C=O) groups excluding carboxylic acids is 1. The van der Waals surface area contributed by atoms with Gasteiger partial charge in [0, 0.05) is 44.0 Å². The predicted molar refractivity (Wildman–Crippen MR) is 120 cm³/mol. The summed E-state index contributed by atoms with van der Waals surface area (Å²) in [5.41, 5.74) is 1.49. The molecule has 0 aromatic carbocycles. The van der Waals surface area contributed by atoms with Crippen LogP contribution in [0.15, 0.2) is 0 Å². The minimum Gasteiger partial charge on any atom is -0.352 e. The van der Waals surface area contributed by atoms with Crippen molar-refractivity contribution in [2.24, 2.45) is 5.92 Å². The van der Waals surface area contributed by atoms with Gasteiger partial charge in [0.25, 0.3) is 0 Å². The lowest BCUT2D eigenvalue weighted by atomic mass is 9.89. The number of hydrogen-bond donors (Lipinski definition) is 1. The first kappa shape index (κ1) is 20.4. The van der Waals surface area contributed by atoms with Gasteiger partial charge in [-0.3, -0.25) is 0 Å². The van der Waals surface area contributed by atoms with Crippen molar-refractivity contribution in [3.05, 3.63) is 16.3 Å². The van der Waals surface area contributed by atoms with Crippen LogP contribution >= 0.6 is 11.3 Å². The van der Waals surface area contributed by atoms with Gasteiger partial charge in [-0.15, -0.1) is 11.3 Å². The van der Waals surface area contributed by atoms with Gasteiger partial charge >= 0.3 is 6.03 Å². The molecule has 2 aromatic rings. The monoisotopic (exact) mass is 415 g/mol. The highest BCUT2D eigenvalue weighted by Gasteiger charge is 2.28. The Hall–Kier alpha value is -1.89. The van der Waals surface area contributed by atoms with Crippen LogP contribution < -0.4 is 10.2 Å². The highest BCUT2D eigenvalue weighted by molar-refractivity contribution is 7.19. The molecule has 29 heavy (non-hydrogen) atoms. The SMILES string of the molecule is CCCCc1nc(N2CCN(C(=O)NCC)CC2)c2c3c(sc2n1)C[C@@H](C)CC3. The van der Waals surface area contributed by atoms with Crippen molar-refractivity contribution < 1.29 is 4.79 Å². The molecule has 2 aromatic heterocycles. The average molecular weight is 416 g/mol. The molecule has 6 nitrogen and oxygen atoms in total. The zero-order valence-electron chi connectivity index (χ0n) is 18.0. The molecular weight excluding hydrogens is 382 g/mol. The van der Waals surface area contributed by atoms with Gasteiger partial charge in [-0.25, -0.2) is 14.8 Å². The third-order valence-corrected chi connectivity index (χ3v) is 7.28. The Balaban J connectivity index is 1.66. The highest BCUT2D eigenvalue weighted by Crippen LogP contribution is 2.41. The molecule has 3 heterocycles. The maximum absolute atomic E-state index is 12.2. The molecule has 1 N–H and O–H groups in total. The Labute approximate surface area is 177 Å². The number of aryl methyl sites for hydroxylation is 2. The van der Waals surface area contributed by atoms with Crippen molar-refractivity contribution in [3.8, 4) is 0 Å². The number of hydrogen-bond acceptors (Lipinski definition) is 5. The van der Waals surface area contributed by atoms with Crippen LogP contribution in [0.3, 0.4) is 0 Å². The predicted octanol–water partition coefficient (Wildman–Crippen LogP) is 4.01. The third-order valence-electron chi connectivity index (χ3n) is 6.13. The summed E-state index contributed by atoms with van der Waals surface area (Å²) in [5.74, 6) is 2.85. The number of unbranched alkanes of at least 4 members (excludes halogenated alkanes) is 1. The van der Waals surface area contributed by atoms with Crippen LogP contribution in [0.2, 0.25) is 0 Å². The van der Waals surface area contributed by atoms with Gasteiger partial charge in [-0.2, -0.15) is 0 Å². The van der Waals surface area contributed by atoms with Crippen LogP contribution in [0.5, 0.6) is 0 Å². The lowest BCUT2D eigenvalue weighted by Gasteiger charge is -2.36. The highest BCUT2D eigenvalue weighted by atomic mass is 32.1. The first-order valence-electron chi connectivity index (χ1n) is 11.2. The van der Waals surface area contributed by atoms with E-state index in [0.717, 1.165) is 69.4 Å². The van der Waals surface area contributed by atoms with Crippen LogP contribution in [-0.2, 0) is 19.3 Å². The van der Waals surface area contributed by atoms with Crippen LogP contribution in [-0.4, -0.2) is 53.6 Å². The normalized spacial score (nSPS) is 19.5. The Bertz CT molecular complexity index is 872. The van der Waals surface area contributed by atoms with Crippen LogP contribution in [0.25, 0.3) is 10.2 Å². The number of urea groups is 1.